The molecule has 1 N–H and O–H groups in total. The molecule has 1 aromatic heterocycles. The van der Waals surface area contributed by atoms with Gasteiger partial charge in [0.25, 0.3) is 0 Å². The first-order valence-corrected chi connectivity index (χ1v) is 6.26. The van der Waals surface area contributed by atoms with Gasteiger partial charge in [-0.05, 0) is 38.4 Å². The number of nitrogens with one attached hydrogen (secondary N) is 1. The second kappa shape index (κ2) is 4.18. The number of H-pyrrole nitrogens is 1. The summed E-state index contributed by atoms with van der Waals surface area (Å²) in [6.45, 7) is 4.74. The molecule has 16 heavy (non-hydrogen) atoms. The van der Waals surface area contributed by atoms with Crippen LogP contribution in [-0.2, 0) is 13.0 Å². The van der Waals surface area contributed by atoms with Crippen molar-refractivity contribution in [2.24, 2.45) is 0 Å². The normalized spacial score (nSPS) is 27.2. The van der Waals surface area contributed by atoms with Crippen LogP contribution >= 0.6 is 0 Å². The lowest BCUT2D eigenvalue weighted by atomic mass is 10.1. The molecule has 3 rings (SSSR count). The van der Waals surface area contributed by atoms with E-state index in [1.54, 1.807) is 0 Å². The highest BCUT2D eigenvalue weighted by Gasteiger charge is 2.25. The van der Waals surface area contributed by atoms with Crippen molar-refractivity contribution in [1.29, 1.82) is 0 Å². The van der Waals surface area contributed by atoms with Gasteiger partial charge in [0.2, 0.25) is 0 Å². The highest BCUT2D eigenvalue weighted by molar-refractivity contribution is 5.19. The van der Waals surface area contributed by atoms with Gasteiger partial charge in [-0.25, -0.2) is 0 Å². The number of aromatic amines is 1. The second-order valence-corrected chi connectivity index (χ2v) is 5.14. The van der Waals surface area contributed by atoms with Gasteiger partial charge in [-0.15, -0.1) is 0 Å². The number of nitrogens with zero attached hydrogens (tertiary/aromatic N) is 3. The van der Waals surface area contributed by atoms with Crippen LogP contribution in [-0.4, -0.2) is 52.7 Å². The molecule has 4 nitrogen and oxygen atoms in total. The lowest BCUT2D eigenvalue weighted by Gasteiger charge is -2.31. The lowest BCUT2D eigenvalue weighted by Crippen LogP contribution is -2.40. The van der Waals surface area contributed by atoms with Crippen LogP contribution in [0.4, 0.5) is 0 Å². The summed E-state index contributed by atoms with van der Waals surface area (Å²) in [6, 6.07) is 0.768. The third-order valence-electron chi connectivity index (χ3n) is 4.03. The lowest BCUT2D eigenvalue weighted by molar-refractivity contribution is 0.179. The van der Waals surface area contributed by atoms with Crippen LogP contribution in [0.3, 0.4) is 0 Å². The minimum absolute atomic E-state index is 0.768. The third-order valence-corrected chi connectivity index (χ3v) is 4.03. The summed E-state index contributed by atoms with van der Waals surface area (Å²) in [7, 11) is 2.25. The fourth-order valence-electron chi connectivity index (χ4n) is 2.94. The summed E-state index contributed by atoms with van der Waals surface area (Å²) in [5.41, 5.74) is 2.74. The summed E-state index contributed by atoms with van der Waals surface area (Å²) < 4.78 is 0. The van der Waals surface area contributed by atoms with Crippen molar-refractivity contribution in [3.63, 3.8) is 0 Å². The molecule has 1 saturated heterocycles. The number of fused-ring (bicyclic) bond motifs is 1. The number of likely N-dealkylation sites (tertiary alicyclic amines) is 1. The minimum Gasteiger partial charge on any atom is -0.302 e. The quantitative estimate of drug-likeness (QED) is 0.803. The highest BCUT2D eigenvalue weighted by Crippen LogP contribution is 2.20. The molecule has 1 aromatic rings. The molecule has 0 saturated carbocycles. The Kier molecular flexibility index (Phi) is 2.69. The van der Waals surface area contributed by atoms with E-state index in [1.807, 2.05) is 6.20 Å². The van der Waals surface area contributed by atoms with Crippen molar-refractivity contribution in [2.45, 2.75) is 31.8 Å². The Morgan fingerprint density at radius 2 is 2.44 bits per heavy atom. The van der Waals surface area contributed by atoms with Gasteiger partial charge in [-0.2, -0.15) is 5.10 Å². The maximum absolute atomic E-state index is 4.12. The Morgan fingerprint density at radius 1 is 1.50 bits per heavy atom. The third kappa shape index (κ3) is 1.87. The number of likely N-dealkylation sites (N-methyl/N-ethyl adjacent to an activating group) is 1. The van der Waals surface area contributed by atoms with Gasteiger partial charge in [0, 0.05) is 25.7 Å². The fourth-order valence-corrected chi connectivity index (χ4v) is 2.94. The van der Waals surface area contributed by atoms with Gasteiger partial charge >= 0.3 is 0 Å². The van der Waals surface area contributed by atoms with Crippen LogP contribution in [0.25, 0.3) is 0 Å². The van der Waals surface area contributed by atoms with Crippen molar-refractivity contribution in [3.8, 4) is 0 Å². The zero-order chi connectivity index (χ0) is 11.0. The van der Waals surface area contributed by atoms with Crippen LogP contribution in [0, 0.1) is 0 Å². The molecule has 2 aliphatic heterocycles. The van der Waals surface area contributed by atoms with Crippen molar-refractivity contribution < 1.29 is 0 Å². The number of rotatable bonds is 2. The molecule has 0 aromatic carbocycles. The average Bonchev–Trinajstić information content (AvgIpc) is 2.88. The number of hydrogen-bond donors (Lipinski definition) is 1. The summed E-state index contributed by atoms with van der Waals surface area (Å²) in [4.78, 5) is 5.06. The molecule has 0 spiro atoms. The van der Waals surface area contributed by atoms with Gasteiger partial charge in [0.15, 0.2) is 0 Å². The Labute approximate surface area is 96.6 Å². The Bertz CT molecular complexity index is 360. The fraction of sp³-hybridized carbons (Fsp3) is 0.750. The van der Waals surface area contributed by atoms with E-state index in [2.05, 4.69) is 27.0 Å². The molecular weight excluding hydrogens is 200 g/mol. The molecule has 4 heteroatoms. The first-order chi connectivity index (χ1) is 7.83. The standard InChI is InChI=1S/C12H20N4/c1-15-5-2-3-11(15)8-16-6-4-10-7-13-14-12(10)9-16/h7,11H,2-6,8-9H2,1H3,(H,13,14). The van der Waals surface area contributed by atoms with E-state index in [1.165, 1.54) is 43.7 Å². The van der Waals surface area contributed by atoms with E-state index in [0.29, 0.717) is 0 Å². The van der Waals surface area contributed by atoms with E-state index in [-0.39, 0.29) is 0 Å². The first-order valence-electron chi connectivity index (χ1n) is 6.26. The number of hydrogen-bond acceptors (Lipinski definition) is 3. The molecule has 3 heterocycles. The molecular formula is C12H20N4. The second-order valence-electron chi connectivity index (χ2n) is 5.14. The van der Waals surface area contributed by atoms with Gasteiger partial charge in [-0.1, -0.05) is 0 Å². The molecule has 2 aliphatic rings. The van der Waals surface area contributed by atoms with E-state index < -0.39 is 0 Å². The zero-order valence-corrected chi connectivity index (χ0v) is 9.95. The zero-order valence-electron chi connectivity index (χ0n) is 9.95. The van der Waals surface area contributed by atoms with Gasteiger partial charge in [0.1, 0.15) is 0 Å². The largest absolute Gasteiger partial charge is 0.302 e. The number of aromatic nitrogens is 2. The Hall–Kier alpha value is -0.870. The van der Waals surface area contributed by atoms with E-state index >= 15 is 0 Å². The predicted octanol–water partition coefficient (Wildman–Crippen LogP) is 0.862. The summed E-state index contributed by atoms with van der Waals surface area (Å²) in [5, 5.41) is 7.24. The van der Waals surface area contributed by atoms with E-state index in [9.17, 15) is 0 Å². The highest BCUT2D eigenvalue weighted by atomic mass is 15.2. The van der Waals surface area contributed by atoms with Crippen molar-refractivity contribution >= 4 is 0 Å². The monoisotopic (exact) mass is 220 g/mol. The van der Waals surface area contributed by atoms with Crippen molar-refractivity contribution in [2.75, 3.05) is 26.7 Å². The van der Waals surface area contributed by atoms with Crippen molar-refractivity contribution in [1.82, 2.24) is 20.0 Å². The van der Waals surface area contributed by atoms with Crippen molar-refractivity contribution in [3.05, 3.63) is 17.5 Å². The SMILES string of the molecule is CN1CCCC1CN1CCc2cn[nH]c2C1. The first kappa shape index (κ1) is 10.3. The molecule has 0 amide bonds. The van der Waals surface area contributed by atoms with Crippen LogP contribution in [0.2, 0.25) is 0 Å². The van der Waals surface area contributed by atoms with E-state index in [4.69, 9.17) is 0 Å². The molecule has 0 bridgehead atoms. The minimum atomic E-state index is 0.768. The van der Waals surface area contributed by atoms with Gasteiger partial charge in [-0.3, -0.25) is 10.00 Å². The summed E-state index contributed by atoms with van der Waals surface area (Å²) in [6.07, 6.45) is 5.86. The average molecular weight is 220 g/mol. The molecule has 88 valence electrons. The topological polar surface area (TPSA) is 35.2 Å². The molecule has 1 fully saturated rings. The van der Waals surface area contributed by atoms with Crippen LogP contribution in [0.1, 0.15) is 24.1 Å². The molecule has 1 unspecified atom stereocenters. The van der Waals surface area contributed by atoms with Crippen LogP contribution < -0.4 is 0 Å². The van der Waals surface area contributed by atoms with Gasteiger partial charge < -0.3 is 4.90 Å². The predicted molar refractivity (Wildman–Crippen MR) is 63.2 cm³/mol. The van der Waals surface area contributed by atoms with Crippen LogP contribution in [0.15, 0.2) is 6.20 Å². The summed E-state index contributed by atoms with van der Waals surface area (Å²) in [5.74, 6) is 0. The van der Waals surface area contributed by atoms with Gasteiger partial charge in [0.05, 0.1) is 11.9 Å². The molecule has 1 atom stereocenters. The molecule has 0 radical (unpaired) electrons. The van der Waals surface area contributed by atoms with E-state index in [0.717, 1.165) is 19.0 Å². The smallest absolute Gasteiger partial charge is 0.0524 e. The summed E-state index contributed by atoms with van der Waals surface area (Å²) >= 11 is 0. The Morgan fingerprint density at radius 3 is 3.25 bits per heavy atom. The Balaban J connectivity index is 1.61. The maximum Gasteiger partial charge on any atom is 0.0524 e. The van der Waals surface area contributed by atoms with Crippen LogP contribution in [0.5, 0.6) is 0 Å². The maximum atomic E-state index is 4.12. The molecule has 0 aliphatic carbocycles.